The van der Waals surface area contributed by atoms with Crippen LogP contribution in [0.1, 0.15) is 97.8 Å². The molecule has 7 N–H and O–H groups in total. The van der Waals surface area contributed by atoms with Crippen LogP contribution >= 0.6 is 11.6 Å². The number of allylic oxidation sites excluding steroid dienone is 2. The summed E-state index contributed by atoms with van der Waals surface area (Å²) in [6.07, 6.45) is 9.76. The normalized spacial score (nSPS) is 56.3. The Morgan fingerprint density at radius 2 is 1.62 bits per heavy atom. The fourth-order valence-electron chi connectivity index (χ4n) is 11.8. The van der Waals surface area contributed by atoms with Crippen LogP contribution in [0.25, 0.3) is 0 Å². The molecule has 9 nitrogen and oxygen atoms in total. The van der Waals surface area contributed by atoms with E-state index < -0.39 is 42.3 Å². The number of ether oxygens (including phenoxy) is 3. The van der Waals surface area contributed by atoms with Gasteiger partial charge in [0.05, 0.1) is 41.5 Å². The molecular weight excluding hydrogens is 596 g/mol. The van der Waals surface area contributed by atoms with Crippen molar-refractivity contribution < 1.29 is 34.3 Å². The summed E-state index contributed by atoms with van der Waals surface area (Å²) < 4.78 is 19.0. The molecule has 0 spiro atoms. The van der Waals surface area contributed by atoms with E-state index in [0.717, 1.165) is 64.2 Å². The Kier molecular flexibility index (Phi) is 8.29. The summed E-state index contributed by atoms with van der Waals surface area (Å²) >= 11 is 7.77. The highest BCUT2D eigenvalue weighted by atomic mass is 35.5. The summed E-state index contributed by atoms with van der Waals surface area (Å²) in [5, 5.41) is 31.7. The topological polar surface area (TPSA) is 157 Å². The number of rotatable bonds is 6. The van der Waals surface area contributed by atoms with Crippen LogP contribution in [0.2, 0.25) is 0 Å². The maximum atomic E-state index is 12.5. The lowest BCUT2D eigenvalue weighted by molar-refractivity contribution is -0.283. The number of aliphatic hydroxyl groups is 3. The summed E-state index contributed by atoms with van der Waals surface area (Å²) in [4.78, 5) is 12.1. The molecule has 0 aromatic rings. The number of fused-ring (bicyclic) bond motifs is 5. The lowest BCUT2D eigenvalue weighted by Crippen LogP contribution is -2.73. The van der Waals surface area contributed by atoms with Gasteiger partial charge in [-0.2, -0.15) is 0 Å². The highest BCUT2D eigenvalue weighted by molar-refractivity contribution is 6.24. The van der Waals surface area contributed by atoms with Gasteiger partial charge < -0.3 is 41.0 Å². The van der Waals surface area contributed by atoms with E-state index in [0.29, 0.717) is 18.3 Å². The van der Waals surface area contributed by atoms with Crippen molar-refractivity contribution in [2.75, 3.05) is 0 Å². The molecule has 45 heavy (non-hydrogen) atoms. The Morgan fingerprint density at radius 1 is 0.889 bits per heavy atom. The average molecular weight is 651 g/mol. The molecule has 254 valence electrons. The molecule has 1 heterocycles. The van der Waals surface area contributed by atoms with Gasteiger partial charge in [0, 0.05) is 30.2 Å². The maximum Gasteiger partial charge on any atom is 0.221 e. The fraction of sp³-hybridized carbons (Fsp3) is 0.914. The Balaban J connectivity index is 0.999. The number of primary amides is 1. The zero-order valence-electron chi connectivity index (χ0n) is 27.2. The van der Waals surface area contributed by atoms with Crippen LogP contribution in [0.4, 0.5) is 0 Å². The van der Waals surface area contributed by atoms with E-state index in [1.807, 2.05) is 0 Å². The second-order valence-corrected chi connectivity index (χ2v) is 17.2. The van der Waals surface area contributed by atoms with Crippen molar-refractivity contribution in [3.63, 3.8) is 0 Å². The summed E-state index contributed by atoms with van der Waals surface area (Å²) in [7, 11) is 0. The van der Waals surface area contributed by atoms with E-state index in [1.165, 1.54) is 0 Å². The molecule has 0 aromatic carbocycles. The van der Waals surface area contributed by atoms with Gasteiger partial charge in [0.15, 0.2) is 6.29 Å². The van der Waals surface area contributed by atoms with Gasteiger partial charge in [0.2, 0.25) is 5.91 Å². The molecule has 0 bridgehead atoms. The van der Waals surface area contributed by atoms with Gasteiger partial charge in [-0.25, -0.2) is 0 Å². The summed E-state index contributed by atoms with van der Waals surface area (Å²) in [5.74, 6) is 0.587. The predicted octanol–water partition coefficient (Wildman–Crippen LogP) is 3.53. The van der Waals surface area contributed by atoms with Gasteiger partial charge in [-0.3, -0.25) is 4.79 Å². The number of nitrogens with two attached hydrogens (primary N) is 2. The van der Waals surface area contributed by atoms with Crippen molar-refractivity contribution in [2.45, 2.75) is 157 Å². The van der Waals surface area contributed by atoms with E-state index >= 15 is 0 Å². The number of hydrogen-bond donors (Lipinski definition) is 5. The zero-order chi connectivity index (χ0) is 32.1. The number of aliphatic hydroxyl groups excluding tert-OH is 3. The molecule has 7 aliphatic rings. The highest BCUT2D eigenvalue weighted by Gasteiger charge is 2.72. The number of carbonyl (C=O) groups is 1. The van der Waals surface area contributed by atoms with Gasteiger partial charge in [-0.05, 0) is 99.7 Å². The first kappa shape index (κ1) is 32.8. The molecular formula is C35H55ClN2O7. The zero-order valence-corrected chi connectivity index (χ0v) is 27.9. The summed E-state index contributed by atoms with van der Waals surface area (Å²) in [6.45, 7) is 6.30. The number of carbonyl (C=O) groups excluding carboxylic acids is 1. The van der Waals surface area contributed by atoms with Crippen LogP contribution in [-0.2, 0) is 19.0 Å². The van der Waals surface area contributed by atoms with Gasteiger partial charge in [-0.15, -0.1) is 11.6 Å². The molecule has 5 saturated carbocycles. The van der Waals surface area contributed by atoms with E-state index in [9.17, 15) is 20.1 Å². The third-order valence-corrected chi connectivity index (χ3v) is 15.2. The van der Waals surface area contributed by atoms with Crippen LogP contribution in [0.5, 0.6) is 0 Å². The minimum absolute atomic E-state index is 0.0699. The number of amides is 1. The maximum absolute atomic E-state index is 12.5. The van der Waals surface area contributed by atoms with E-state index in [-0.39, 0.29) is 58.0 Å². The second-order valence-electron chi connectivity index (χ2n) is 16.5. The van der Waals surface area contributed by atoms with Gasteiger partial charge in [-0.1, -0.05) is 26.0 Å². The van der Waals surface area contributed by atoms with E-state index in [1.54, 1.807) is 6.92 Å². The first-order chi connectivity index (χ1) is 21.2. The van der Waals surface area contributed by atoms with Gasteiger partial charge in [0.1, 0.15) is 6.10 Å². The van der Waals surface area contributed by atoms with Crippen molar-refractivity contribution >= 4 is 17.5 Å². The Hall–Kier alpha value is -0.780. The van der Waals surface area contributed by atoms with Crippen LogP contribution < -0.4 is 11.5 Å². The van der Waals surface area contributed by atoms with E-state index in [2.05, 4.69) is 26.0 Å². The minimum Gasteiger partial charge on any atom is -0.390 e. The molecule has 1 saturated heterocycles. The second kappa shape index (κ2) is 11.4. The van der Waals surface area contributed by atoms with Crippen LogP contribution in [0, 0.1) is 40.4 Å². The van der Waals surface area contributed by atoms with Gasteiger partial charge >= 0.3 is 0 Å². The highest BCUT2D eigenvalue weighted by Crippen LogP contribution is 2.72. The van der Waals surface area contributed by atoms with Crippen molar-refractivity contribution in [3.05, 3.63) is 12.2 Å². The van der Waals surface area contributed by atoms with Crippen molar-refractivity contribution in [2.24, 2.45) is 51.9 Å². The third-order valence-electron chi connectivity index (χ3n) is 14.5. The molecule has 0 aromatic heterocycles. The first-order valence-corrected chi connectivity index (χ1v) is 18.0. The molecule has 9 unspecified atom stereocenters. The Labute approximate surface area is 272 Å². The molecule has 16 atom stereocenters. The third kappa shape index (κ3) is 5.08. The Morgan fingerprint density at radius 3 is 2.31 bits per heavy atom. The SMILES string of the molecule is CC1OC(OC2C(O)CC(O[C@H]3CC[C@]4(Cl)C5CC[C@]6(C)[C@@H](C(N)=O)CC[C@]6(N)[C@]5(C)CC[C@@H]4C3)CC2C2C=C2)CC(O)C1O. The monoisotopic (exact) mass is 650 g/mol. The van der Waals surface area contributed by atoms with Crippen LogP contribution in [-0.4, -0.2) is 80.7 Å². The van der Waals surface area contributed by atoms with Crippen molar-refractivity contribution in [1.29, 1.82) is 0 Å². The smallest absolute Gasteiger partial charge is 0.221 e. The van der Waals surface area contributed by atoms with Crippen LogP contribution in [0.3, 0.4) is 0 Å². The lowest BCUT2D eigenvalue weighted by atomic mass is 9.40. The molecule has 0 radical (unpaired) electrons. The number of halogens is 1. The number of hydrogen-bond acceptors (Lipinski definition) is 8. The average Bonchev–Trinajstić information content (AvgIpc) is 3.77. The predicted molar refractivity (Wildman–Crippen MR) is 169 cm³/mol. The van der Waals surface area contributed by atoms with Crippen molar-refractivity contribution in [1.82, 2.24) is 0 Å². The van der Waals surface area contributed by atoms with Gasteiger partial charge in [0.25, 0.3) is 0 Å². The molecule has 7 rings (SSSR count). The van der Waals surface area contributed by atoms with E-state index in [4.69, 9.17) is 37.3 Å². The molecule has 1 aliphatic heterocycles. The summed E-state index contributed by atoms with van der Waals surface area (Å²) in [5.41, 5.74) is 12.4. The summed E-state index contributed by atoms with van der Waals surface area (Å²) in [6, 6.07) is 0. The molecule has 1 amide bonds. The number of alkyl halides is 1. The fourth-order valence-corrected chi connectivity index (χ4v) is 12.4. The molecule has 6 fully saturated rings. The van der Waals surface area contributed by atoms with Crippen LogP contribution in [0.15, 0.2) is 12.2 Å². The standard InChI is InChI=1S/C35H55ClN2O7/c1-18-29(41)25(39)17-28(43-18)45-30-23(19-4-5-19)15-22(16-26(30)40)44-21-7-12-34(36)20(14-21)6-10-33(3)27(34)9-11-32(2)24(31(37)42)8-13-35(32,33)38/h4-5,18-30,39-41H,6-17,38H2,1-3H3,(H2,37,42)/t18?,20-,21+,22?,23?,24-,25?,26?,27?,28?,29?,30?,32-,33-,34-,35-/m1/s1. The minimum atomic E-state index is -0.938. The quantitative estimate of drug-likeness (QED) is 0.216. The first-order valence-electron chi connectivity index (χ1n) is 17.7. The Bertz CT molecular complexity index is 1170. The molecule has 6 aliphatic carbocycles. The molecule has 10 heteroatoms. The lowest BCUT2D eigenvalue weighted by Gasteiger charge is -2.68. The van der Waals surface area contributed by atoms with Crippen molar-refractivity contribution in [3.8, 4) is 0 Å². The largest absolute Gasteiger partial charge is 0.390 e.